The van der Waals surface area contributed by atoms with Gasteiger partial charge in [0, 0.05) is 24.0 Å². The lowest BCUT2D eigenvalue weighted by Crippen LogP contribution is -1.95. The first-order valence-corrected chi connectivity index (χ1v) is 5.50. The number of aromatic carboxylic acids is 1. The van der Waals surface area contributed by atoms with Crippen molar-refractivity contribution in [1.82, 2.24) is 14.8 Å². The molecule has 2 heterocycles. The average Bonchev–Trinajstić information content (AvgIpc) is 2.95. The number of nitrogens with one attached hydrogen (secondary N) is 1. The molecule has 18 heavy (non-hydrogen) atoms. The second-order valence-electron chi connectivity index (χ2n) is 4.12. The quantitative estimate of drug-likeness (QED) is 0.723. The van der Waals surface area contributed by atoms with Crippen LogP contribution >= 0.6 is 0 Å². The summed E-state index contributed by atoms with van der Waals surface area (Å²) < 4.78 is 2.00. The lowest BCUT2D eigenvalue weighted by atomic mass is 10.2. The molecule has 3 rings (SSSR count). The number of fused-ring (bicyclic) bond motifs is 1. The minimum Gasteiger partial charge on any atom is -0.477 e. The molecule has 0 fully saturated rings. The van der Waals surface area contributed by atoms with E-state index < -0.39 is 5.97 Å². The van der Waals surface area contributed by atoms with Gasteiger partial charge in [-0.3, -0.25) is 5.10 Å². The van der Waals surface area contributed by atoms with Crippen LogP contribution in [-0.4, -0.2) is 25.8 Å². The van der Waals surface area contributed by atoms with Gasteiger partial charge in [0.1, 0.15) is 11.4 Å². The van der Waals surface area contributed by atoms with Crippen LogP contribution in [0.3, 0.4) is 0 Å². The van der Waals surface area contributed by atoms with Gasteiger partial charge in [0.05, 0.1) is 5.69 Å². The molecule has 0 radical (unpaired) electrons. The van der Waals surface area contributed by atoms with Gasteiger partial charge >= 0.3 is 5.97 Å². The predicted molar refractivity (Wildman–Crippen MR) is 67.5 cm³/mol. The Kier molecular flexibility index (Phi) is 2.19. The van der Waals surface area contributed by atoms with Crippen LogP contribution in [-0.2, 0) is 7.05 Å². The number of hydrogen-bond donors (Lipinski definition) is 2. The van der Waals surface area contributed by atoms with E-state index in [-0.39, 0.29) is 5.69 Å². The van der Waals surface area contributed by atoms with Gasteiger partial charge in [0.25, 0.3) is 0 Å². The number of aromatic nitrogens is 3. The van der Waals surface area contributed by atoms with Gasteiger partial charge in [-0.15, -0.1) is 0 Å². The number of carboxylic acids is 1. The zero-order valence-electron chi connectivity index (χ0n) is 9.71. The SMILES string of the molecule is Cn1c(-c2cc(C(=O)O)[nH]n2)cc2ccccc21. The molecule has 90 valence electrons. The zero-order valence-corrected chi connectivity index (χ0v) is 9.71. The molecule has 0 aliphatic rings. The first kappa shape index (κ1) is 10.6. The summed E-state index contributed by atoms with van der Waals surface area (Å²) in [6.45, 7) is 0. The molecule has 3 aromatic rings. The zero-order chi connectivity index (χ0) is 12.7. The molecule has 2 aromatic heterocycles. The van der Waals surface area contributed by atoms with Crippen molar-refractivity contribution in [3.8, 4) is 11.4 Å². The van der Waals surface area contributed by atoms with E-state index in [9.17, 15) is 4.79 Å². The maximum Gasteiger partial charge on any atom is 0.353 e. The summed E-state index contributed by atoms with van der Waals surface area (Å²) in [7, 11) is 1.94. The largest absolute Gasteiger partial charge is 0.477 e. The summed E-state index contributed by atoms with van der Waals surface area (Å²) in [6, 6.07) is 11.5. The number of H-pyrrole nitrogens is 1. The number of carboxylic acid groups (broad SMARTS) is 1. The second kappa shape index (κ2) is 3.73. The number of rotatable bonds is 2. The Morgan fingerprint density at radius 2 is 2.11 bits per heavy atom. The summed E-state index contributed by atoms with van der Waals surface area (Å²) in [4.78, 5) is 10.8. The highest BCUT2D eigenvalue weighted by Crippen LogP contribution is 2.26. The minimum absolute atomic E-state index is 0.0928. The van der Waals surface area contributed by atoms with Gasteiger partial charge in [-0.05, 0) is 12.1 Å². The fourth-order valence-electron chi connectivity index (χ4n) is 2.10. The van der Waals surface area contributed by atoms with Crippen LogP contribution in [0.25, 0.3) is 22.3 Å². The molecule has 5 nitrogen and oxygen atoms in total. The third kappa shape index (κ3) is 1.48. The number of aryl methyl sites for hydroxylation is 1. The number of benzene rings is 1. The van der Waals surface area contributed by atoms with Gasteiger partial charge in [-0.2, -0.15) is 5.10 Å². The molecule has 0 spiro atoms. The fraction of sp³-hybridized carbons (Fsp3) is 0.0769. The Bertz CT molecular complexity index is 740. The monoisotopic (exact) mass is 241 g/mol. The van der Waals surface area contributed by atoms with E-state index in [2.05, 4.69) is 10.2 Å². The average molecular weight is 241 g/mol. The Morgan fingerprint density at radius 1 is 1.33 bits per heavy atom. The van der Waals surface area contributed by atoms with Crippen molar-refractivity contribution in [3.05, 3.63) is 42.1 Å². The van der Waals surface area contributed by atoms with Crippen molar-refractivity contribution in [2.24, 2.45) is 7.05 Å². The van der Waals surface area contributed by atoms with Crippen LogP contribution in [0, 0.1) is 0 Å². The highest BCUT2D eigenvalue weighted by Gasteiger charge is 2.13. The molecule has 5 heteroatoms. The number of nitrogens with zero attached hydrogens (tertiary/aromatic N) is 2. The van der Waals surface area contributed by atoms with Crippen molar-refractivity contribution >= 4 is 16.9 Å². The fourth-order valence-corrected chi connectivity index (χ4v) is 2.10. The summed E-state index contributed by atoms with van der Waals surface area (Å²) in [5.41, 5.74) is 2.70. The lowest BCUT2D eigenvalue weighted by molar-refractivity contribution is 0.0690. The van der Waals surface area contributed by atoms with E-state index in [4.69, 9.17) is 5.11 Å². The molecule has 0 atom stereocenters. The molecule has 2 N–H and O–H groups in total. The van der Waals surface area contributed by atoms with Crippen molar-refractivity contribution < 1.29 is 9.90 Å². The highest BCUT2D eigenvalue weighted by molar-refractivity contribution is 5.89. The van der Waals surface area contributed by atoms with Gasteiger partial charge < -0.3 is 9.67 Å². The van der Waals surface area contributed by atoms with E-state index in [1.165, 1.54) is 6.07 Å². The predicted octanol–water partition coefficient (Wildman–Crippen LogP) is 2.27. The van der Waals surface area contributed by atoms with Gasteiger partial charge in [-0.25, -0.2) is 4.79 Å². The smallest absolute Gasteiger partial charge is 0.353 e. The third-order valence-corrected chi connectivity index (χ3v) is 3.02. The molecule has 0 saturated carbocycles. The Labute approximate surface area is 103 Å². The van der Waals surface area contributed by atoms with E-state index >= 15 is 0 Å². The molecule has 1 aromatic carbocycles. The number of hydrogen-bond acceptors (Lipinski definition) is 2. The Hall–Kier alpha value is -2.56. The van der Waals surface area contributed by atoms with Crippen LogP contribution < -0.4 is 0 Å². The van der Waals surface area contributed by atoms with Crippen LogP contribution in [0.15, 0.2) is 36.4 Å². The maximum atomic E-state index is 10.8. The standard InChI is InChI=1S/C13H11N3O2/c1-16-11-5-3-2-4-8(11)6-12(16)9-7-10(13(17)18)15-14-9/h2-7H,1H3,(H,14,15)(H,17,18). The Balaban J connectivity index is 2.18. The first-order chi connectivity index (χ1) is 8.66. The Morgan fingerprint density at radius 3 is 2.78 bits per heavy atom. The third-order valence-electron chi connectivity index (χ3n) is 3.02. The van der Waals surface area contributed by atoms with Crippen LogP contribution in [0.2, 0.25) is 0 Å². The summed E-state index contributed by atoms with van der Waals surface area (Å²) >= 11 is 0. The maximum absolute atomic E-state index is 10.8. The summed E-state index contributed by atoms with van der Waals surface area (Å²) in [5.74, 6) is -1.01. The molecule has 0 bridgehead atoms. The summed E-state index contributed by atoms with van der Waals surface area (Å²) in [6.07, 6.45) is 0. The highest BCUT2D eigenvalue weighted by atomic mass is 16.4. The van der Waals surface area contributed by atoms with Crippen LogP contribution in [0.1, 0.15) is 10.5 Å². The van der Waals surface area contributed by atoms with E-state index in [1.54, 1.807) is 0 Å². The van der Waals surface area contributed by atoms with Crippen molar-refractivity contribution in [1.29, 1.82) is 0 Å². The normalized spacial score (nSPS) is 10.9. The van der Waals surface area contributed by atoms with E-state index in [0.717, 1.165) is 16.6 Å². The lowest BCUT2D eigenvalue weighted by Gasteiger charge is -1.99. The molecule has 0 saturated heterocycles. The van der Waals surface area contributed by atoms with Crippen molar-refractivity contribution in [3.63, 3.8) is 0 Å². The summed E-state index contributed by atoms with van der Waals surface area (Å²) in [5, 5.41) is 16.5. The van der Waals surface area contributed by atoms with Crippen molar-refractivity contribution in [2.75, 3.05) is 0 Å². The molecule has 0 amide bonds. The van der Waals surface area contributed by atoms with Crippen molar-refractivity contribution in [2.45, 2.75) is 0 Å². The van der Waals surface area contributed by atoms with Gasteiger partial charge in [0.15, 0.2) is 0 Å². The van der Waals surface area contributed by atoms with Crippen LogP contribution in [0.4, 0.5) is 0 Å². The molecule has 0 aliphatic heterocycles. The topological polar surface area (TPSA) is 70.9 Å². The van der Waals surface area contributed by atoms with Gasteiger partial charge in [0.2, 0.25) is 0 Å². The number of aromatic amines is 1. The second-order valence-corrected chi connectivity index (χ2v) is 4.12. The first-order valence-electron chi connectivity index (χ1n) is 5.50. The number of carbonyl (C=O) groups is 1. The molecule has 0 aliphatic carbocycles. The van der Waals surface area contributed by atoms with E-state index in [1.807, 2.05) is 41.9 Å². The number of para-hydroxylation sites is 1. The molecular formula is C13H11N3O2. The molecular weight excluding hydrogens is 230 g/mol. The molecule has 0 unspecified atom stereocenters. The van der Waals surface area contributed by atoms with Gasteiger partial charge in [-0.1, -0.05) is 18.2 Å². The van der Waals surface area contributed by atoms with E-state index in [0.29, 0.717) is 5.69 Å². The van der Waals surface area contributed by atoms with Crippen LogP contribution in [0.5, 0.6) is 0 Å². The minimum atomic E-state index is -1.01.